The molecule has 0 saturated heterocycles. The molecule has 19 heavy (non-hydrogen) atoms. The summed E-state index contributed by atoms with van der Waals surface area (Å²) in [5.41, 5.74) is 1.90. The maximum Gasteiger partial charge on any atom is 0.307 e. The van der Waals surface area contributed by atoms with E-state index in [4.69, 9.17) is 9.84 Å². The van der Waals surface area contributed by atoms with Crippen molar-refractivity contribution < 1.29 is 14.6 Å². The zero-order valence-electron chi connectivity index (χ0n) is 10.5. The van der Waals surface area contributed by atoms with E-state index in [0.29, 0.717) is 6.42 Å². The van der Waals surface area contributed by atoms with Crippen molar-refractivity contribution in [1.29, 1.82) is 0 Å². The molecule has 1 aromatic heterocycles. The minimum Gasteiger partial charge on any atom is -0.497 e. The van der Waals surface area contributed by atoms with E-state index in [1.807, 2.05) is 24.3 Å². The number of methoxy groups -OCH3 is 1. The van der Waals surface area contributed by atoms with Gasteiger partial charge in [-0.3, -0.25) is 4.79 Å². The van der Waals surface area contributed by atoms with Crippen LogP contribution in [0, 0.1) is 5.92 Å². The molecule has 0 bridgehead atoms. The first-order valence-electron chi connectivity index (χ1n) is 6.11. The lowest BCUT2D eigenvalue weighted by Crippen LogP contribution is -1.99. The van der Waals surface area contributed by atoms with Gasteiger partial charge < -0.3 is 14.8 Å². The fourth-order valence-electron chi connectivity index (χ4n) is 2.21. The molecule has 0 radical (unpaired) electrons. The molecule has 1 aliphatic carbocycles. The zero-order valence-corrected chi connectivity index (χ0v) is 10.5. The van der Waals surface area contributed by atoms with E-state index in [0.717, 1.165) is 22.8 Å². The van der Waals surface area contributed by atoms with Gasteiger partial charge in [-0.15, -0.1) is 0 Å². The highest BCUT2D eigenvalue weighted by Crippen LogP contribution is 2.46. The summed E-state index contributed by atoms with van der Waals surface area (Å²) in [4.78, 5) is 18.3. The van der Waals surface area contributed by atoms with Crippen LogP contribution in [-0.2, 0) is 4.79 Å². The minimum atomic E-state index is -0.743. The summed E-state index contributed by atoms with van der Waals surface area (Å²) in [5.74, 6) is 0.571. The Balaban J connectivity index is 1.79. The number of benzene rings is 1. The lowest BCUT2D eigenvalue weighted by atomic mass is 10.2. The standard InChI is InChI=1S/C14H14N2O3/c1-19-9-4-2-8(3-5-9)12-7-15-13(16-12)10-6-11(10)14(17)18/h2-5,7,10-11H,6H2,1H3,(H,15,16)(H,17,18). The second-order valence-electron chi connectivity index (χ2n) is 4.70. The molecule has 1 heterocycles. The average Bonchev–Trinajstić information content (AvgIpc) is 3.09. The van der Waals surface area contributed by atoms with Gasteiger partial charge in [0, 0.05) is 5.92 Å². The second kappa shape index (κ2) is 4.42. The molecule has 2 N–H and O–H groups in total. The number of hydrogen-bond donors (Lipinski definition) is 2. The number of rotatable bonds is 4. The number of carboxylic acid groups (broad SMARTS) is 1. The molecule has 2 aromatic rings. The van der Waals surface area contributed by atoms with Crippen LogP contribution in [0.5, 0.6) is 5.75 Å². The predicted octanol–water partition coefficient (Wildman–Crippen LogP) is 2.27. The molecule has 5 heteroatoms. The van der Waals surface area contributed by atoms with Crippen LogP contribution in [0.25, 0.3) is 11.3 Å². The Hall–Kier alpha value is -2.30. The van der Waals surface area contributed by atoms with Crippen molar-refractivity contribution in [2.24, 2.45) is 5.92 Å². The number of hydrogen-bond acceptors (Lipinski definition) is 3. The maximum atomic E-state index is 10.8. The zero-order chi connectivity index (χ0) is 13.4. The van der Waals surface area contributed by atoms with Gasteiger partial charge in [0.2, 0.25) is 0 Å². The van der Waals surface area contributed by atoms with Gasteiger partial charge in [0.15, 0.2) is 0 Å². The van der Waals surface area contributed by atoms with E-state index in [2.05, 4.69) is 9.97 Å². The number of carboxylic acids is 1. The smallest absolute Gasteiger partial charge is 0.307 e. The largest absolute Gasteiger partial charge is 0.497 e. The number of aliphatic carboxylic acids is 1. The van der Waals surface area contributed by atoms with Gasteiger partial charge in [-0.1, -0.05) is 0 Å². The average molecular weight is 258 g/mol. The highest BCUT2D eigenvalue weighted by molar-refractivity contribution is 5.75. The van der Waals surface area contributed by atoms with E-state index in [-0.39, 0.29) is 11.8 Å². The van der Waals surface area contributed by atoms with Crippen molar-refractivity contribution >= 4 is 5.97 Å². The van der Waals surface area contributed by atoms with Crippen molar-refractivity contribution in [1.82, 2.24) is 9.97 Å². The Kier molecular flexibility index (Phi) is 2.74. The van der Waals surface area contributed by atoms with Gasteiger partial charge in [-0.05, 0) is 36.2 Å². The number of aromatic amines is 1. The summed E-state index contributed by atoms with van der Waals surface area (Å²) in [6.07, 6.45) is 2.42. The monoisotopic (exact) mass is 258 g/mol. The molecule has 5 nitrogen and oxygen atoms in total. The molecule has 0 aliphatic heterocycles. The van der Waals surface area contributed by atoms with E-state index in [1.165, 1.54) is 0 Å². The quantitative estimate of drug-likeness (QED) is 0.882. The summed E-state index contributed by atoms with van der Waals surface area (Å²) in [5, 5.41) is 8.91. The van der Waals surface area contributed by atoms with Gasteiger partial charge in [-0.2, -0.15) is 0 Å². The first kappa shape index (κ1) is 11.8. The van der Waals surface area contributed by atoms with E-state index in [1.54, 1.807) is 13.3 Å². The molecule has 2 atom stereocenters. The molecule has 1 aliphatic rings. The Morgan fingerprint density at radius 3 is 2.74 bits per heavy atom. The number of nitrogens with one attached hydrogen (secondary N) is 1. The predicted molar refractivity (Wildman–Crippen MR) is 69.1 cm³/mol. The molecule has 1 aromatic carbocycles. The Morgan fingerprint density at radius 2 is 2.16 bits per heavy atom. The number of ether oxygens (including phenoxy) is 1. The third-order valence-corrected chi connectivity index (χ3v) is 3.46. The van der Waals surface area contributed by atoms with Gasteiger partial charge in [0.1, 0.15) is 11.6 Å². The summed E-state index contributed by atoms with van der Waals surface area (Å²) in [7, 11) is 1.63. The van der Waals surface area contributed by atoms with Crippen molar-refractivity contribution in [3.8, 4) is 17.0 Å². The van der Waals surface area contributed by atoms with Crippen LogP contribution < -0.4 is 4.74 Å². The number of aromatic nitrogens is 2. The third kappa shape index (κ3) is 2.19. The van der Waals surface area contributed by atoms with E-state index < -0.39 is 5.97 Å². The Labute approximate surface area is 110 Å². The fourth-order valence-corrected chi connectivity index (χ4v) is 2.21. The molecule has 0 amide bonds. The van der Waals surface area contributed by atoms with Crippen molar-refractivity contribution in [2.75, 3.05) is 7.11 Å². The van der Waals surface area contributed by atoms with Crippen LogP contribution in [0.4, 0.5) is 0 Å². The third-order valence-electron chi connectivity index (χ3n) is 3.46. The fraction of sp³-hybridized carbons (Fsp3) is 0.286. The topological polar surface area (TPSA) is 75.2 Å². The maximum absolute atomic E-state index is 10.8. The Bertz CT molecular complexity index is 603. The van der Waals surface area contributed by atoms with Crippen LogP contribution in [-0.4, -0.2) is 28.2 Å². The first-order chi connectivity index (χ1) is 9.19. The molecule has 0 spiro atoms. The molecule has 2 unspecified atom stereocenters. The van der Waals surface area contributed by atoms with Gasteiger partial charge in [0.05, 0.1) is 24.9 Å². The van der Waals surface area contributed by atoms with Crippen LogP contribution in [0.15, 0.2) is 30.5 Å². The lowest BCUT2D eigenvalue weighted by molar-refractivity contribution is -0.138. The van der Waals surface area contributed by atoms with Crippen LogP contribution in [0.2, 0.25) is 0 Å². The minimum absolute atomic E-state index is 0.0319. The van der Waals surface area contributed by atoms with Crippen molar-refractivity contribution in [3.05, 3.63) is 36.3 Å². The lowest BCUT2D eigenvalue weighted by Gasteiger charge is -2.01. The summed E-state index contributed by atoms with van der Waals surface area (Å²) in [6.45, 7) is 0. The molecular formula is C14H14N2O3. The summed E-state index contributed by atoms with van der Waals surface area (Å²) < 4.78 is 5.11. The molecule has 1 saturated carbocycles. The highest BCUT2D eigenvalue weighted by Gasteiger charge is 2.46. The normalized spacial score (nSPS) is 21.1. The van der Waals surface area contributed by atoms with Crippen LogP contribution >= 0.6 is 0 Å². The molecule has 3 rings (SSSR count). The van der Waals surface area contributed by atoms with Crippen LogP contribution in [0.3, 0.4) is 0 Å². The van der Waals surface area contributed by atoms with Gasteiger partial charge in [0.25, 0.3) is 0 Å². The highest BCUT2D eigenvalue weighted by atomic mass is 16.5. The second-order valence-corrected chi connectivity index (χ2v) is 4.70. The van der Waals surface area contributed by atoms with Crippen LogP contribution in [0.1, 0.15) is 18.2 Å². The first-order valence-corrected chi connectivity index (χ1v) is 6.11. The number of H-pyrrole nitrogens is 1. The molecular weight excluding hydrogens is 244 g/mol. The number of nitrogens with zero attached hydrogens (tertiary/aromatic N) is 1. The molecule has 1 fully saturated rings. The van der Waals surface area contributed by atoms with Gasteiger partial charge in [-0.25, -0.2) is 4.98 Å². The number of carbonyl (C=O) groups is 1. The molecule has 98 valence electrons. The van der Waals surface area contributed by atoms with Gasteiger partial charge >= 0.3 is 5.97 Å². The van der Waals surface area contributed by atoms with E-state index >= 15 is 0 Å². The van der Waals surface area contributed by atoms with Crippen molar-refractivity contribution in [2.45, 2.75) is 12.3 Å². The van der Waals surface area contributed by atoms with E-state index in [9.17, 15) is 4.79 Å². The summed E-state index contributed by atoms with van der Waals surface area (Å²) in [6, 6.07) is 7.65. The number of imidazole rings is 1. The summed E-state index contributed by atoms with van der Waals surface area (Å²) >= 11 is 0. The Morgan fingerprint density at radius 1 is 1.42 bits per heavy atom. The van der Waals surface area contributed by atoms with Crippen molar-refractivity contribution in [3.63, 3.8) is 0 Å². The SMILES string of the molecule is COc1ccc(-c2cnc(C3CC3C(=O)O)[nH]2)cc1.